The summed E-state index contributed by atoms with van der Waals surface area (Å²) in [7, 11) is 0. The van der Waals surface area contributed by atoms with Crippen molar-refractivity contribution in [3.05, 3.63) is 77.1 Å². The van der Waals surface area contributed by atoms with Crippen LogP contribution in [0, 0.1) is 5.82 Å². The van der Waals surface area contributed by atoms with Crippen molar-refractivity contribution in [2.75, 3.05) is 19.7 Å². The van der Waals surface area contributed by atoms with Gasteiger partial charge in [0.1, 0.15) is 12.4 Å². The number of allylic oxidation sites excluding steroid dienone is 1. The molecule has 2 heterocycles. The van der Waals surface area contributed by atoms with Crippen LogP contribution >= 0.6 is 0 Å². The van der Waals surface area contributed by atoms with Gasteiger partial charge in [0, 0.05) is 18.0 Å². The quantitative estimate of drug-likeness (QED) is 0.867. The van der Waals surface area contributed by atoms with Crippen LogP contribution < -0.4 is 0 Å². The van der Waals surface area contributed by atoms with Gasteiger partial charge >= 0.3 is 0 Å². The van der Waals surface area contributed by atoms with E-state index in [1.54, 1.807) is 11.0 Å². The summed E-state index contributed by atoms with van der Waals surface area (Å²) in [5, 5.41) is 9.87. The molecule has 0 aromatic heterocycles. The molecule has 29 heavy (non-hydrogen) atoms. The molecule has 2 aromatic carbocycles. The Balaban J connectivity index is 1.58. The molecule has 2 aliphatic heterocycles. The highest BCUT2D eigenvalue weighted by Crippen LogP contribution is 2.43. The Hall–Kier alpha value is -2.99. The average Bonchev–Trinajstić information content (AvgIpc) is 2.70. The highest BCUT2D eigenvalue weighted by molar-refractivity contribution is 5.97. The number of rotatable bonds is 4. The summed E-state index contributed by atoms with van der Waals surface area (Å²) >= 11 is 0. The number of amides is 2. The molecule has 0 aliphatic carbocycles. The van der Waals surface area contributed by atoms with Crippen LogP contribution in [0.15, 0.2) is 54.6 Å². The lowest BCUT2D eigenvalue weighted by atomic mass is 9.73. The molecule has 150 valence electrons. The minimum absolute atomic E-state index is 0.0493. The van der Waals surface area contributed by atoms with Crippen LogP contribution in [0.1, 0.15) is 34.3 Å². The van der Waals surface area contributed by atoms with Crippen molar-refractivity contribution in [2.24, 2.45) is 0 Å². The van der Waals surface area contributed by atoms with E-state index in [1.165, 1.54) is 23.1 Å². The van der Waals surface area contributed by atoms with Crippen molar-refractivity contribution in [3.63, 3.8) is 0 Å². The molecule has 0 saturated carbocycles. The van der Waals surface area contributed by atoms with Gasteiger partial charge < -0.3 is 14.9 Å². The highest BCUT2D eigenvalue weighted by Gasteiger charge is 2.54. The van der Waals surface area contributed by atoms with Crippen LogP contribution in [0.3, 0.4) is 0 Å². The second-order valence-electron chi connectivity index (χ2n) is 7.51. The molecule has 0 spiro atoms. The largest absolute Gasteiger partial charge is 0.394 e. The second kappa shape index (κ2) is 7.79. The van der Waals surface area contributed by atoms with E-state index >= 15 is 0 Å². The van der Waals surface area contributed by atoms with Gasteiger partial charge in [-0.05, 0) is 36.2 Å². The minimum atomic E-state index is -0.483. The molecule has 2 amide bonds. The van der Waals surface area contributed by atoms with E-state index in [-0.39, 0.29) is 48.5 Å². The molecule has 0 radical (unpaired) electrons. The van der Waals surface area contributed by atoms with Crippen molar-refractivity contribution in [1.82, 2.24) is 9.80 Å². The Kier molecular flexibility index (Phi) is 5.20. The van der Waals surface area contributed by atoms with Crippen LogP contribution in [-0.2, 0) is 4.79 Å². The molecule has 6 heteroatoms. The number of nitrogens with zero attached hydrogens (tertiary/aromatic N) is 2. The van der Waals surface area contributed by atoms with Crippen molar-refractivity contribution in [1.29, 1.82) is 0 Å². The lowest BCUT2D eigenvalue weighted by molar-refractivity contribution is -0.159. The first-order chi connectivity index (χ1) is 14.0. The van der Waals surface area contributed by atoms with Gasteiger partial charge in [-0.2, -0.15) is 0 Å². The molecule has 0 unspecified atom stereocenters. The number of hydrogen-bond donors (Lipinski definition) is 1. The minimum Gasteiger partial charge on any atom is -0.394 e. The Morgan fingerprint density at radius 2 is 2.00 bits per heavy atom. The van der Waals surface area contributed by atoms with Gasteiger partial charge in [-0.15, -0.1) is 0 Å². The van der Waals surface area contributed by atoms with E-state index in [9.17, 15) is 19.1 Å². The first kappa shape index (κ1) is 19.3. The highest BCUT2D eigenvalue weighted by atomic mass is 19.1. The Labute approximate surface area is 169 Å². The fourth-order valence-corrected chi connectivity index (χ4v) is 4.48. The van der Waals surface area contributed by atoms with Gasteiger partial charge in [0.15, 0.2) is 0 Å². The summed E-state index contributed by atoms with van der Waals surface area (Å²) in [6, 6.07) is 13.1. The number of carbonyl (C=O) groups excluding carboxylic acids is 2. The maximum Gasteiger partial charge on any atom is 0.254 e. The first-order valence-corrected chi connectivity index (χ1v) is 9.73. The van der Waals surface area contributed by atoms with Crippen LogP contribution in [0.2, 0.25) is 0 Å². The van der Waals surface area contributed by atoms with Crippen LogP contribution in [-0.4, -0.2) is 58.5 Å². The van der Waals surface area contributed by atoms with Gasteiger partial charge in [-0.25, -0.2) is 4.39 Å². The van der Waals surface area contributed by atoms with Gasteiger partial charge in [0.2, 0.25) is 5.91 Å². The van der Waals surface area contributed by atoms with E-state index in [4.69, 9.17) is 0 Å². The smallest absolute Gasteiger partial charge is 0.254 e. The zero-order chi connectivity index (χ0) is 20.5. The molecule has 2 aliphatic rings. The molecular weight excluding hydrogens is 371 g/mol. The van der Waals surface area contributed by atoms with Crippen LogP contribution in [0.4, 0.5) is 4.39 Å². The molecule has 2 aromatic rings. The predicted molar refractivity (Wildman–Crippen MR) is 108 cm³/mol. The number of piperazine rings is 1. The number of aliphatic hydroxyl groups excluding tert-OH is 1. The normalized spacial score (nSPS) is 23.8. The summed E-state index contributed by atoms with van der Waals surface area (Å²) in [5.41, 5.74) is 2.35. The molecule has 4 rings (SSSR count). The number of aliphatic hydroxyl groups is 1. The Bertz CT molecular complexity index is 957. The van der Waals surface area contributed by atoms with Gasteiger partial charge in [-0.3, -0.25) is 9.59 Å². The standard InChI is InChI=1S/C23H23FN2O3/c1-2-4-15-7-9-16(10-8-15)22-19-12-25(13-21(28)26(19)20(22)14-27)23(29)17-5-3-6-18(24)11-17/h2-11,19-20,22,27H,12-14H2,1H3/b4-2+/t19-,20+,22+/m1/s1. The molecular formula is C23H23FN2O3. The van der Waals surface area contributed by atoms with Crippen LogP contribution in [0.25, 0.3) is 6.08 Å². The third-order valence-corrected chi connectivity index (χ3v) is 5.79. The number of fused-ring (bicyclic) bond motifs is 1. The Morgan fingerprint density at radius 1 is 1.24 bits per heavy atom. The second-order valence-corrected chi connectivity index (χ2v) is 7.51. The summed E-state index contributed by atoms with van der Waals surface area (Å²) in [5.74, 6) is -1.07. The van der Waals surface area contributed by atoms with Gasteiger partial charge in [0.05, 0.1) is 18.7 Å². The summed E-state index contributed by atoms with van der Waals surface area (Å²) in [6.45, 7) is 2.13. The number of hydrogen-bond acceptors (Lipinski definition) is 3. The Morgan fingerprint density at radius 3 is 2.66 bits per heavy atom. The van der Waals surface area contributed by atoms with E-state index in [2.05, 4.69) is 0 Å². The summed E-state index contributed by atoms with van der Waals surface area (Å²) < 4.78 is 13.5. The fraction of sp³-hybridized carbons (Fsp3) is 0.304. The van der Waals surface area contributed by atoms with E-state index < -0.39 is 5.82 Å². The van der Waals surface area contributed by atoms with Crippen molar-refractivity contribution < 1.29 is 19.1 Å². The van der Waals surface area contributed by atoms with Gasteiger partial charge in [-0.1, -0.05) is 42.5 Å². The molecule has 5 nitrogen and oxygen atoms in total. The van der Waals surface area contributed by atoms with Crippen molar-refractivity contribution in [3.8, 4) is 0 Å². The first-order valence-electron chi connectivity index (χ1n) is 9.73. The fourth-order valence-electron chi connectivity index (χ4n) is 4.48. The molecule has 2 saturated heterocycles. The molecule has 3 atom stereocenters. The lowest BCUT2D eigenvalue weighted by Crippen LogP contribution is -2.73. The number of carbonyl (C=O) groups is 2. The molecule has 2 fully saturated rings. The predicted octanol–water partition coefficient (Wildman–Crippen LogP) is 2.67. The zero-order valence-electron chi connectivity index (χ0n) is 16.2. The van der Waals surface area contributed by atoms with Crippen molar-refractivity contribution >= 4 is 17.9 Å². The lowest BCUT2D eigenvalue weighted by Gasteiger charge is -2.58. The summed E-state index contributed by atoms with van der Waals surface area (Å²) in [4.78, 5) is 28.7. The molecule has 1 N–H and O–H groups in total. The van der Waals surface area contributed by atoms with E-state index in [0.717, 1.165) is 11.1 Å². The third-order valence-electron chi connectivity index (χ3n) is 5.79. The number of benzene rings is 2. The summed E-state index contributed by atoms with van der Waals surface area (Å²) in [6.07, 6.45) is 3.97. The van der Waals surface area contributed by atoms with E-state index in [1.807, 2.05) is 43.3 Å². The van der Waals surface area contributed by atoms with Gasteiger partial charge in [0.25, 0.3) is 5.91 Å². The third kappa shape index (κ3) is 3.44. The maximum atomic E-state index is 13.5. The maximum absolute atomic E-state index is 13.5. The molecule has 0 bridgehead atoms. The number of halogens is 1. The van der Waals surface area contributed by atoms with E-state index in [0.29, 0.717) is 6.54 Å². The average molecular weight is 394 g/mol. The van der Waals surface area contributed by atoms with Crippen LogP contribution in [0.5, 0.6) is 0 Å². The topological polar surface area (TPSA) is 60.9 Å². The SMILES string of the molecule is C/C=C/c1ccc([C@H]2[C@H]3CN(C(=O)c4cccc(F)c4)CC(=O)N3[C@H]2CO)cc1. The van der Waals surface area contributed by atoms with Crippen molar-refractivity contribution in [2.45, 2.75) is 24.9 Å². The monoisotopic (exact) mass is 394 g/mol. The zero-order valence-corrected chi connectivity index (χ0v) is 16.2.